The third kappa shape index (κ3) is 2.22. The predicted molar refractivity (Wildman–Crippen MR) is 81.5 cm³/mol. The number of hydrogen-bond acceptors (Lipinski definition) is 1. The van der Waals surface area contributed by atoms with Crippen molar-refractivity contribution in [1.29, 1.82) is 0 Å². The van der Waals surface area contributed by atoms with Crippen LogP contribution >= 0.6 is 0 Å². The lowest BCUT2D eigenvalue weighted by Crippen LogP contribution is -2.30. The Morgan fingerprint density at radius 1 is 0.950 bits per heavy atom. The number of hydrogen-bond donors (Lipinski definition) is 0. The zero-order valence-corrected chi connectivity index (χ0v) is 11.8. The van der Waals surface area contributed by atoms with Gasteiger partial charge in [0.05, 0.1) is 0 Å². The molecule has 1 aliphatic heterocycles. The van der Waals surface area contributed by atoms with Gasteiger partial charge in [-0.25, -0.2) is 0 Å². The Morgan fingerprint density at radius 3 is 2.35 bits per heavy atom. The van der Waals surface area contributed by atoms with Crippen LogP contribution in [0.4, 0.5) is 0 Å². The molecule has 0 unspecified atom stereocenters. The third-order valence-electron chi connectivity index (χ3n) is 3.90. The first kappa shape index (κ1) is 12.9. The van der Waals surface area contributed by atoms with Gasteiger partial charge in [0, 0.05) is 18.7 Å². The summed E-state index contributed by atoms with van der Waals surface area (Å²) < 4.78 is 0. The molecule has 2 heteroatoms. The molecule has 1 heterocycles. The maximum Gasteiger partial charge on any atom is 0.254 e. The Kier molecular flexibility index (Phi) is 3.55. The van der Waals surface area contributed by atoms with Crippen LogP contribution < -0.4 is 0 Å². The zero-order valence-electron chi connectivity index (χ0n) is 11.8. The normalized spacial score (nSPS) is 13.7. The van der Waals surface area contributed by atoms with E-state index in [1.807, 2.05) is 29.2 Å². The third-order valence-corrected chi connectivity index (χ3v) is 3.90. The molecule has 1 aliphatic rings. The van der Waals surface area contributed by atoms with Crippen LogP contribution in [0.3, 0.4) is 0 Å². The minimum atomic E-state index is 0.158. The van der Waals surface area contributed by atoms with Gasteiger partial charge in [0.1, 0.15) is 0 Å². The molecule has 3 rings (SSSR count). The molecule has 0 atom stereocenters. The Morgan fingerprint density at radius 2 is 1.60 bits per heavy atom. The second kappa shape index (κ2) is 5.49. The average Bonchev–Trinajstić information content (AvgIpc) is 2.62. The van der Waals surface area contributed by atoms with Crippen LogP contribution in [0.2, 0.25) is 0 Å². The fourth-order valence-electron chi connectivity index (χ4n) is 2.80. The second-order valence-electron chi connectivity index (χ2n) is 5.28. The van der Waals surface area contributed by atoms with Crippen molar-refractivity contribution in [2.24, 2.45) is 0 Å². The quantitative estimate of drug-likeness (QED) is 0.818. The van der Waals surface area contributed by atoms with E-state index < -0.39 is 0 Å². The summed E-state index contributed by atoms with van der Waals surface area (Å²) in [4.78, 5) is 14.7. The van der Waals surface area contributed by atoms with Crippen molar-refractivity contribution in [1.82, 2.24) is 4.90 Å². The summed E-state index contributed by atoms with van der Waals surface area (Å²) in [6, 6.07) is 16.3. The van der Waals surface area contributed by atoms with Gasteiger partial charge < -0.3 is 4.90 Å². The molecule has 0 N–H and O–H groups in total. The molecule has 2 aromatic rings. The highest BCUT2D eigenvalue weighted by Crippen LogP contribution is 2.32. The number of carbonyl (C=O) groups is 1. The van der Waals surface area contributed by atoms with E-state index in [-0.39, 0.29) is 5.91 Å². The van der Waals surface area contributed by atoms with E-state index in [1.165, 1.54) is 11.1 Å². The molecule has 2 aromatic carbocycles. The Balaban J connectivity index is 2.11. The number of rotatable bonds is 3. The molecule has 0 bridgehead atoms. The fraction of sp³-hybridized carbons (Fsp3) is 0.278. The SMILES string of the molecule is CCCCN1Cc2ccccc2-c2ccccc2C1=O. The molecule has 0 saturated carbocycles. The number of fused-ring (bicyclic) bond motifs is 3. The van der Waals surface area contributed by atoms with Crippen molar-refractivity contribution >= 4 is 5.91 Å². The summed E-state index contributed by atoms with van der Waals surface area (Å²) in [6.07, 6.45) is 2.16. The fourth-order valence-corrected chi connectivity index (χ4v) is 2.80. The van der Waals surface area contributed by atoms with Gasteiger partial charge in [0.15, 0.2) is 0 Å². The second-order valence-corrected chi connectivity index (χ2v) is 5.28. The van der Waals surface area contributed by atoms with Gasteiger partial charge in [-0.3, -0.25) is 4.79 Å². The van der Waals surface area contributed by atoms with E-state index >= 15 is 0 Å². The first-order valence-corrected chi connectivity index (χ1v) is 7.28. The summed E-state index contributed by atoms with van der Waals surface area (Å²) >= 11 is 0. The molecule has 102 valence electrons. The van der Waals surface area contributed by atoms with Crippen LogP contribution in [0.15, 0.2) is 48.5 Å². The van der Waals surface area contributed by atoms with Crippen molar-refractivity contribution in [3.63, 3.8) is 0 Å². The van der Waals surface area contributed by atoms with Gasteiger partial charge in [-0.15, -0.1) is 0 Å². The van der Waals surface area contributed by atoms with Gasteiger partial charge in [-0.1, -0.05) is 55.8 Å². The highest BCUT2D eigenvalue weighted by molar-refractivity contribution is 6.02. The highest BCUT2D eigenvalue weighted by Gasteiger charge is 2.24. The van der Waals surface area contributed by atoms with Crippen LogP contribution in [0, 0.1) is 0 Å². The summed E-state index contributed by atoms with van der Waals surface area (Å²) in [5.41, 5.74) is 4.32. The van der Waals surface area contributed by atoms with Gasteiger partial charge in [0.2, 0.25) is 0 Å². The molecule has 0 spiro atoms. The maximum absolute atomic E-state index is 12.7. The largest absolute Gasteiger partial charge is 0.334 e. The number of benzene rings is 2. The van der Waals surface area contributed by atoms with E-state index in [0.717, 1.165) is 30.5 Å². The van der Waals surface area contributed by atoms with E-state index in [9.17, 15) is 4.79 Å². The molecule has 0 aromatic heterocycles. The van der Waals surface area contributed by atoms with Crippen molar-refractivity contribution < 1.29 is 4.79 Å². The number of unbranched alkanes of at least 4 members (excludes halogenated alkanes) is 1. The molecule has 0 saturated heterocycles. The average molecular weight is 265 g/mol. The Bertz CT molecular complexity index is 633. The van der Waals surface area contributed by atoms with Crippen LogP contribution in [0.25, 0.3) is 11.1 Å². The Labute approximate surface area is 120 Å². The van der Waals surface area contributed by atoms with Gasteiger partial charge >= 0.3 is 0 Å². The monoisotopic (exact) mass is 265 g/mol. The summed E-state index contributed by atoms with van der Waals surface area (Å²) in [5.74, 6) is 0.158. The van der Waals surface area contributed by atoms with Crippen LogP contribution in [0.1, 0.15) is 35.7 Å². The smallest absolute Gasteiger partial charge is 0.254 e. The van der Waals surface area contributed by atoms with E-state index in [1.54, 1.807) is 0 Å². The molecular formula is C18H19NO. The summed E-state index contributed by atoms with van der Waals surface area (Å²) in [5, 5.41) is 0. The molecule has 2 nitrogen and oxygen atoms in total. The molecule has 20 heavy (non-hydrogen) atoms. The van der Waals surface area contributed by atoms with Gasteiger partial charge in [-0.05, 0) is 29.2 Å². The van der Waals surface area contributed by atoms with Crippen LogP contribution in [0.5, 0.6) is 0 Å². The van der Waals surface area contributed by atoms with Gasteiger partial charge in [0.25, 0.3) is 5.91 Å². The lowest BCUT2D eigenvalue weighted by molar-refractivity contribution is 0.0744. The highest BCUT2D eigenvalue weighted by atomic mass is 16.2. The maximum atomic E-state index is 12.7. The molecule has 0 aliphatic carbocycles. The standard InChI is InChI=1S/C18H19NO/c1-2-3-12-19-13-14-8-4-5-9-15(14)16-10-6-7-11-17(16)18(19)20/h4-11H,2-3,12-13H2,1H3. The van der Waals surface area contributed by atoms with Crippen molar-refractivity contribution in [2.45, 2.75) is 26.3 Å². The van der Waals surface area contributed by atoms with Crippen molar-refractivity contribution in [3.8, 4) is 11.1 Å². The number of nitrogens with zero attached hydrogens (tertiary/aromatic N) is 1. The topological polar surface area (TPSA) is 20.3 Å². The van der Waals surface area contributed by atoms with E-state index in [2.05, 4.69) is 31.2 Å². The van der Waals surface area contributed by atoms with Crippen LogP contribution in [-0.2, 0) is 6.54 Å². The molecule has 0 fully saturated rings. The van der Waals surface area contributed by atoms with Gasteiger partial charge in [-0.2, -0.15) is 0 Å². The zero-order chi connectivity index (χ0) is 13.9. The molecule has 0 radical (unpaired) electrons. The van der Waals surface area contributed by atoms with Crippen molar-refractivity contribution in [3.05, 3.63) is 59.7 Å². The van der Waals surface area contributed by atoms with E-state index in [0.29, 0.717) is 6.54 Å². The molecule has 1 amide bonds. The predicted octanol–water partition coefficient (Wildman–Crippen LogP) is 4.11. The lowest BCUT2D eigenvalue weighted by Gasteiger charge is -2.21. The first-order valence-electron chi connectivity index (χ1n) is 7.28. The van der Waals surface area contributed by atoms with Crippen LogP contribution in [-0.4, -0.2) is 17.4 Å². The summed E-state index contributed by atoms with van der Waals surface area (Å²) in [6.45, 7) is 3.70. The lowest BCUT2D eigenvalue weighted by atomic mass is 9.97. The number of amides is 1. The first-order chi connectivity index (χ1) is 9.81. The Hall–Kier alpha value is -2.09. The minimum Gasteiger partial charge on any atom is -0.334 e. The van der Waals surface area contributed by atoms with Crippen molar-refractivity contribution in [2.75, 3.05) is 6.54 Å². The minimum absolute atomic E-state index is 0.158. The molecular weight excluding hydrogens is 246 g/mol. The number of carbonyl (C=O) groups excluding carboxylic acids is 1. The summed E-state index contributed by atoms with van der Waals surface area (Å²) in [7, 11) is 0. The van der Waals surface area contributed by atoms with E-state index in [4.69, 9.17) is 0 Å².